The van der Waals surface area contributed by atoms with Crippen LogP contribution < -0.4 is 4.90 Å². The van der Waals surface area contributed by atoms with E-state index in [0.717, 1.165) is 54.8 Å². The first-order valence-electron chi connectivity index (χ1n) is 10.7. The van der Waals surface area contributed by atoms with Crippen LogP contribution in [0.25, 0.3) is 10.9 Å². The molecule has 2 saturated heterocycles. The van der Waals surface area contributed by atoms with Gasteiger partial charge in [-0.05, 0) is 64.8 Å². The number of fused-ring (bicyclic) bond motifs is 2. The molecule has 2 atom stereocenters. The normalized spacial score (nSPS) is 22.3. The number of pyridine rings is 2. The molecule has 0 amide bonds. The Balaban J connectivity index is 1.38. The van der Waals surface area contributed by atoms with Gasteiger partial charge >= 0.3 is 0 Å². The zero-order valence-electron chi connectivity index (χ0n) is 17.6. The van der Waals surface area contributed by atoms with E-state index in [4.69, 9.17) is 0 Å². The van der Waals surface area contributed by atoms with E-state index in [1.165, 1.54) is 11.3 Å². The van der Waals surface area contributed by atoms with Crippen LogP contribution in [-0.2, 0) is 6.54 Å². The Bertz CT molecular complexity index is 1140. The summed E-state index contributed by atoms with van der Waals surface area (Å²) in [5, 5.41) is 10.5. The number of benzene rings is 1. The summed E-state index contributed by atoms with van der Waals surface area (Å²) in [6.45, 7) is 8.49. The summed E-state index contributed by atoms with van der Waals surface area (Å²) in [5.74, 6) is 0. The molecule has 158 valence electrons. The molecule has 2 aliphatic heterocycles. The Morgan fingerprint density at radius 3 is 2.84 bits per heavy atom. The summed E-state index contributed by atoms with van der Waals surface area (Å²) in [6.07, 6.45) is 3.63. The highest BCUT2D eigenvalue weighted by atomic mass is 79.9. The fourth-order valence-electron chi connectivity index (χ4n) is 5.09. The third-order valence-electron chi connectivity index (χ3n) is 6.50. The van der Waals surface area contributed by atoms with Gasteiger partial charge < -0.3 is 4.90 Å². The van der Waals surface area contributed by atoms with E-state index in [9.17, 15) is 5.26 Å². The lowest BCUT2D eigenvalue weighted by atomic mass is 10.0. The molecule has 5 rings (SSSR count). The van der Waals surface area contributed by atoms with Crippen LogP contribution in [0.3, 0.4) is 0 Å². The summed E-state index contributed by atoms with van der Waals surface area (Å²) in [4.78, 5) is 16.5. The zero-order valence-corrected chi connectivity index (χ0v) is 19.2. The van der Waals surface area contributed by atoms with E-state index >= 15 is 0 Å². The minimum Gasteiger partial charge on any atom is -0.368 e. The van der Waals surface area contributed by atoms with E-state index < -0.39 is 0 Å². The number of rotatable bonds is 3. The number of aromatic nitrogens is 2. The van der Waals surface area contributed by atoms with Crippen molar-refractivity contribution in [3.8, 4) is 6.07 Å². The maximum atomic E-state index is 9.48. The molecule has 0 aliphatic carbocycles. The average molecular weight is 477 g/mol. The third kappa shape index (κ3) is 4.03. The monoisotopic (exact) mass is 476 g/mol. The summed E-state index contributed by atoms with van der Waals surface area (Å²) in [7, 11) is 0. The van der Waals surface area contributed by atoms with E-state index in [1.54, 1.807) is 6.20 Å². The van der Waals surface area contributed by atoms with E-state index in [-0.39, 0.29) is 0 Å². The molecule has 0 unspecified atom stereocenters. The molecule has 31 heavy (non-hydrogen) atoms. The van der Waals surface area contributed by atoms with Crippen molar-refractivity contribution in [2.75, 3.05) is 37.6 Å². The van der Waals surface area contributed by atoms with Gasteiger partial charge in [0.25, 0.3) is 0 Å². The fraction of sp³-hybridized carbons (Fsp3) is 0.375. The molecule has 4 heterocycles. The molecule has 0 N–H and O–H groups in total. The minimum atomic E-state index is 0.477. The summed E-state index contributed by atoms with van der Waals surface area (Å²) < 4.78 is 0.891. The first-order valence-corrected chi connectivity index (χ1v) is 11.5. The van der Waals surface area contributed by atoms with Gasteiger partial charge in [-0.1, -0.05) is 0 Å². The Kier molecular flexibility index (Phi) is 5.61. The van der Waals surface area contributed by atoms with Gasteiger partial charge in [0.15, 0.2) is 0 Å². The van der Waals surface area contributed by atoms with Crippen molar-refractivity contribution in [2.45, 2.75) is 25.6 Å². The molecule has 1 aromatic carbocycles. The Morgan fingerprint density at radius 2 is 2.00 bits per heavy atom. The number of piperazine rings is 2. The van der Waals surface area contributed by atoms with E-state index in [1.807, 2.05) is 18.3 Å². The second kappa shape index (κ2) is 8.54. The number of halogens is 1. The highest BCUT2D eigenvalue weighted by molar-refractivity contribution is 9.10. The Hall–Kier alpha value is -2.53. The van der Waals surface area contributed by atoms with Gasteiger partial charge in [0.2, 0.25) is 0 Å². The van der Waals surface area contributed by atoms with Gasteiger partial charge in [0.05, 0.1) is 11.1 Å². The Morgan fingerprint density at radius 1 is 1.10 bits per heavy atom. The number of hydrogen-bond donors (Lipinski definition) is 0. The van der Waals surface area contributed by atoms with Crippen LogP contribution in [0.15, 0.2) is 53.4 Å². The minimum absolute atomic E-state index is 0.477. The zero-order chi connectivity index (χ0) is 21.4. The number of nitriles is 1. The lowest BCUT2D eigenvalue weighted by Crippen LogP contribution is -2.65. The molecule has 2 aliphatic rings. The first kappa shape index (κ1) is 20.4. The van der Waals surface area contributed by atoms with Gasteiger partial charge in [-0.25, -0.2) is 4.98 Å². The maximum absolute atomic E-state index is 9.48. The van der Waals surface area contributed by atoms with Crippen LogP contribution >= 0.6 is 15.9 Å². The largest absolute Gasteiger partial charge is 0.368 e. The summed E-state index contributed by atoms with van der Waals surface area (Å²) in [5.41, 5.74) is 3.91. The average Bonchev–Trinajstić information content (AvgIpc) is 2.78. The smallest absolute Gasteiger partial charge is 0.106 e. The summed E-state index contributed by atoms with van der Waals surface area (Å²) in [6, 6.07) is 15.5. The van der Waals surface area contributed by atoms with Crippen molar-refractivity contribution < 1.29 is 0 Å². The Labute approximate surface area is 191 Å². The molecule has 6 nitrogen and oxygen atoms in total. The number of hydrogen-bond acceptors (Lipinski definition) is 6. The number of nitrogens with zero attached hydrogens (tertiary/aromatic N) is 6. The molecule has 0 bridgehead atoms. The number of anilines is 1. The molecule has 2 fully saturated rings. The second-order valence-corrected chi connectivity index (χ2v) is 9.32. The lowest BCUT2D eigenvalue weighted by Gasteiger charge is -2.51. The van der Waals surface area contributed by atoms with E-state index in [2.05, 4.69) is 77.9 Å². The summed E-state index contributed by atoms with van der Waals surface area (Å²) >= 11 is 3.48. The molecular formula is C24H25BrN6. The van der Waals surface area contributed by atoms with Crippen LogP contribution in [-0.4, -0.2) is 64.6 Å². The van der Waals surface area contributed by atoms with Gasteiger partial charge in [0, 0.05) is 74.8 Å². The fourth-order valence-corrected chi connectivity index (χ4v) is 5.50. The van der Waals surface area contributed by atoms with Crippen LogP contribution in [0.5, 0.6) is 0 Å². The van der Waals surface area contributed by atoms with Crippen molar-refractivity contribution in [2.24, 2.45) is 0 Å². The van der Waals surface area contributed by atoms with Crippen LogP contribution in [0, 0.1) is 11.3 Å². The van der Waals surface area contributed by atoms with Crippen LogP contribution in [0.1, 0.15) is 18.1 Å². The second-order valence-electron chi connectivity index (χ2n) is 8.51. The SMILES string of the molecule is C[C@@H]1CN(c2ccc(C#N)c3ncccc23)C[C@@H]2CN(Cc3ccnc(Br)c3)CCN21. The molecule has 7 heteroatoms. The standard InChI is InChI=1S/C24H25BrN6/c1-17-13-30(22-5-4-19(12-26)24-21(22)3-2-7-28-24)16-20-15-29(9-10-31(17)20)14-18-6-8-27-23(25)11-18/h2-8,11,17,20H,9-10,13-16H2,1H3/t17-,20+/m1/s1. The third-order valence-corrected chi connectivity index (χ3v) is 6.93. The van der Waals surface area contributed by atoms with Crippen LogP contribution in [0.2, 0.25) is 0 Å². The maximum Gasteiger partial charge on any atom is 0.106 e. The molecule has 0 spiro atoms. The van der Waals surface area contributed by atoms with E-state index in [0.29, 0.717) is 17.6 Å². The predicted octanol–water partition coefficient (Wildman–Crippen LogP) is 3.66. The van der Waals surface area contributed by atoms with Gasteiger partial charge in [-0.3, -0.25) is 14.8 Å². The molecule has 2 aromatic heterocycles. The lowest BCUT2D eigenvalue weighted by molar-refractivity contribution is 0.0317. The van der Waals surface area contributed by atoms with Gasteiger partial charge in [-0.15, -0.1) is 0 Å². The van der Waals surface area contributed by atoms with Crippen molar-refractivity contribution in [3.63, 3.8) is 0 Å². The predicted molar refractivity (Wildman–Crippen MR) is 126 cm³/mol. The van der Waals surface area contributed by atoms with Gasteiger partial charge in [-0.2, -0.15) is 5.26 Å². The van der Waals surface area contributed by atoms with Crippen LogP contribution in [0.4, 0.5) is 5.69 Å². The first-order chi connectivity index (χ1) is 15.1. The molecule has 3 aromatic rings. The van der Waals surface area contributed by atoms with Gasteiger partial charge in [0.1, 0.15) is 10.7 Å². The van der Waals surface area contributed by atoms with Crippen molar-refractivity contribution >= 4 is 32.5 Å². The molecule has 0 radical (unpaired) electrons. The van der Waals surface area contributed by atoms with Crippen molar-refractivity contribution in [1.82, 2.24) is 19.8 Å². The molecular weight excluding hydrogens is 452 g/mol. The van der Waals surface area contributed by atoms with Crippen molar-refractivity contribution in [3.05, 3.63) is 64.5 Å². The quantitative estimate of drug-likeness (QED) is 0.537. The van der Waals surface area contributed by atoms with Crippen molar-refractivity contribution in [1.29, 1.82) is 5.26 Å². The highest BCUT2D eigenvalue weighted by Gasteiger charge is 2.36. The molecule has 0 saturated carbocycles. The highest BCUT2D eigenvalue weighted by Crippen LogP contribution is 2.32. The topological polar surface area (TPSA) is 59.3 Å².